The number of fused-ring (bicyclic) bond motifs is 1. The van der Waals surface area contributed by atoms with Crippen LogP contribution in [0.4, 0.5) is 0 Å². The minimum absolute atomic E-state index is 0.319. The SMILES string of the molecule is COC(=O)c1ccoc1CN1Cc2ccccc2CC1C(N)=O. The first-order valence-electron chi connectivity index (χ1n) is 7.35. The molecule has 23 heavy (non-hydrogen) atoms. The Labute approximate surface area is 133 Å². The van der Waals surface area contributed by atoms with E-state index in [9.17, 15) is 9.59 Å². The highest BCUT2D eigenvalue weighted by Crippen LogP contribution is 2.26. The second kappa shape index (κ2) is 6.26. The van der Waals surface area contributed by atoms with Gasteiger partial charge in [-0.3, -0.25) is 9.69 Å². The van der Waals surface area contributed by atoms with Gasteiger partial charge in [0.1, 0.15) is 11.3 Å². The number of nitrogens with zero attached hydrogens (tertiary/aromatic N) is 1. The van der Waals surface area contributed by atoms with Gasteiger partial charge in [0.25, 0.3) is 0 Å². The summed E-state index contributed by atoms with van der Waals surface area (Å²) in [5, 5.41) is 0. The maximum Gasteiger partial charge on any atom is 0.341 e. The van der Waals surface area contributed by atoms with Crippen molar-refractivity contribution in [1.82, 2.24) is 4.90 Å². The van der Waals surface area contributed by atoms with Crippen LogP contribution in [0.3, 0.4) is 0 Å². The smallest absolute Gasteiger partial charge is 0.341 e. The molecule has 1 aromatic heterocycles. The Kier molecular flexibility index (Phi) is 4.16. The molecule has 120 valence electrons. The fourth-order valence-corrected chi connectivity index (χ4v) is 2.96. The van der Waals surface area contributed by atoms with Gasteiger partial charge in [-0.1, -0.05) is 24.3 Å². The highest BCUT2D eigenvalue weighted by Gasteiger charge is 2.31. The normalized spacial score (nSPS) is 17.5. The lowest BCUT2D eigenvalue weighted by atomic mass is 9.93. The van der Waals surface area contributed by atoms with Crippen molar-refractivity contribution in [3.8, 4) is 0 Å². The molecule has 6 nitrogen and oxygen atoms in total. The van der Waals surface area contributed by atoms with E-state index >= 15 is 0 Å². The Bertz CT molecular complexity index is 738. The lowest BCUT2D eigenvalue weighted by molar-refractivity contribution is -0.124. The third-order valence-corrected chi connectivity index (χ3v) is 4.17. The zero-order chi connectivity index (χ0) is 16.4. The summed E-state index contributed by atoms with van der Waals surface area (Å²) >= 11 is 0. The van der Waals surface area contributed by atoms with E-state index in [4.69, 9.17) is 14.9 Å². The number of benzene rings is 1. The predicted molar refractivity (Wildman–Crippen MR) is 82.4 cm³/mol. The summed E-state index contributed by atoms with van der Waals surface area (Å²) in [5.41, 5.74) is 8.21. The number of rotatable bonds is 4. The monoisotopic (exact) mass is 314 g/mol. The predicted octanol–water partition coefficient (Wildman–Crippen LogP) is 1.48. The summed E-state index contributed by atoms with van der Waals surface area (Å²) in [7, 11) is 1.32. The average Bonchev–Trinajstić information content (AvgIpc) is 3.01. The van der Waals surface area contributed by atoms with Gasteiger partial charge in [0.15, 0.2) is 0 Å². The van der Waals surface area contributed by atoms with Crippen LogP contribution in [0.25, 0.3) is 0 Å². The number of carbonyl (C=O) groups excluding carboxylic acids is 2. The highest BCUT2D eigenvalue weighted by molar-refractivity contribution is 5.90. The first-order chi connectivity index (χ1) is 11.1. The number of carbonyl (C=O) groups is 2. The summed E-state index contributed by atoms with van der Waals surface area (Å²) in [6.45, 7) is 0.893. The van der Waals surface area contributed by atoms with Crippen LogP contribution in [0.15, 0.2) is 41.0 Å². The van der Waals surface area contributed by atoms with Gasteiger partial charge in [-0.2, -0.15) is 0 Å². The Hall–Kier alpha value is -2.60. The van der Waals surface area contributed by atoms with Crippen molar-refractivity contribution in [1.29, 1.82) is 0 Å². The lowest BCUT2D eigenvalue weighted by Gasteiger charge is -2.34. The Balaban J connectivity index is 1.88. The maximum absolute atomic E-state index is 11.8. The van der Waals surface area contributed by atoms with Crippen molar-refractivity contribution in [3.63, 3.8) is 0 Å². The molecule has 2 N–H and O–H groups in total. The van der Waals surface area contributed by atoms with Crippen LogP contribution >= 0.6 is 0 Å². The molecule has 3 rings (SSSR count). The molecular weight excluding hydrogens is 296 g/mol. The van der Waals surface area contributed by atoms with Gasteiger partial charge in [-0.05, 0) is 23.6 Å². The fraction of sp³-hybridized carbons (Fsp3) is 0.294. The van der Waals surface area contributed by atoms with Crippen molar-refractivity contribution in [3.05, 3.63) is 59.0 Å². The van der Waals surface area contributed by atoms with Crippen molar-refractivity contribution in [2.75, 3.05) is 7.11 Å². The molecule has 1 aromatic carbocycles. The van der Waals surface area contributed by atoms with Crippen LogP contribution < -0.4 is 5.73 Å². The van der Waals surface area contributed by atoms with Crippen LogP contribution in [-0.2, 0) is 29.0 Å². The summed E-state index contributed by atoms with van der Waals surface area (Å²) in [6, 6.07) is 9.10. The van der Waals surface area contributed by atoms with Gasteiger partial charge in [0.05, 0.1) is 26.0 Å². The quantitative estimate of drug-likeness (QED) is 0.864. The average molecular weight is 314 g/mol. The molecule has 2 heterocycles. The summed E-state index contributed by atoms with van der Waals surface area (Å²) < 4.78 is 10.2. The standard InChI is InChI=1S/C17H18N2O4/c1-22-17(21)13-6-7-23-15(13)10-19-9-12-5-3-2-4-11(12)8-14(19)16(18)20/h2-7,14H,8-10H2,1H3,(H2,18,20). The number of hydrogen-bond donors (Lipinski definition) is 1. The number of methoxy groups -OCH3 is 1. The molecule has 1 aliphatic heterocycles. The van der Waals surface area contributed by atoms with Crippen LogP contribution in [-0.4, -0.2) is 29.9 Å². The molecule has 2 aromatic rings. The number of primary amides is 1. The zero-order valence-corrected chi connectivity index (χ0v) is 12.8. The molecule has 0 saturated carbocycles. The number of esters is 1. The van der Waals surface area contributed by atoms with E-state index in [0.29, 0.717) is 30.8 Å². The van der Waals surface area contributed by atoms with E-state index in [-0.39, 0.29) is 5.91 Å². The minimum Gasteiger partial charge on any atom is -0.467 e. The number of hydrogen-bond acceptors (Lipinski definition) is 5. The second-order valence-corrected chi connectivity index (χ2v) is 5.55. The summed E-state index contributed by atoms with van der Waals surface area (Å²) in [4.78, 5) is 25.5. The first-order valence-corrected chi connectivity index (χ1v) is 7.35. The number of nitrogens with two attached hydrogens (primary N) is 1. The third-order valence-electron chi connectivity index (χ3n) is 4.17. The van der Waals surface area contributed by atoms with Crippen molar-refractivity contribution < 1.29 is 18.7 Å². The van der Waals surface area contributed by atoms with Gasteiger partial charge in [0, 0.05) is 6.54 Å². The van der Waals surface area contributed by atoms with Crippen LogP contribution in [0.1, 0.15) is 27.2 Å². The van der Waals surface area contributed by atoms with Crippen LogP contribution in [0.2, 0.25) is 0 Å². The van der Waals surface area contributed by atoms with E-state index in [1.54, 1.807) is 6.07 Å². The largest absolute Gasteiger partial charge is 0.467 e. The number of ether oxygens (including phenoxy) is 1. The first kappa shape index (κ1) is 15.3. The second-order valence-electron chi connectivity index (χ2n) is 5.55. The molecule has 0 fully saturated rings. The van der Waals surface area contributed by atoms with Gasteiger partial charge >= 0.3 is 5.97 Å². The van der Waals surface area contributed by atoms with Crippen molar-refractivity contribution in [2.24, 2.45) is 5.73 Å². The Morgan fingerprint density at radius 2 is 2.04 bits per heavy atom. The van der Waals surface area contributed by atoms with Crippen LogP contribution in [0, 0.1) is 0 Å². The zero-order valence-electron chi connectivity index (χ0n) is 12.8. The van der Waals surface area contributed by atoms with E-state index in [2.05, 4.69) is 0 Å². The molecule has 0 aliphatic carbocycles. The highest BCUT2D eigenvalue weighted by atomic mass is 16.5. The third kappa shape index (κ3) is 2.98. The molecule has 1 unspecified atom stereocenters. The van der Waals surface area contributed by atoms with Gasteiger partial charge in [0.2, 0.25) is 5.91 Å². The molecule has 1 atom stereocenters. The fourth-order valence-electron chi connectivity index (χ4n) is 2.96. The molecule has 6 heteroatoms. The molecule has 1 aliphatic rings. The van der Waals surface area contributed by atoms with E-state index in [0.717, 1.165) is 11.1 Å². The molecular formula is C17H18N2O4. The van der Waals surface area contributed by atoms with E-state index in [1.165, 1.54) is 13.4 Å². The van der Waals surface area contributed by atoms with Crippen molar-refractivity contribution in [2.45, 2.75) is 25.6 Å². The van der Waals surface area contributed by atoms with Gasteiger partial charge in [-0.25, -0.2) is 4.79 Å². The number of furan rings is 1. The van der Waals surface area contributed by atoms with Crippen LogP contribution in [0.5, 0.6) is 0 Å². The molecule has 0 spiro atoms. The minimum atomic E-state index is -0.457. The van der Waals surface area contributed by atoms with E-state index in [1.807, 2.05) is 29.2 Å². The van der Waals surface area contributed by atoms with Gasteiger partial charge in [-0.15, -0.1) is 0 Å². The summed E-state index contributed by atoms with van der Waals surface area (Å²) in [6.07, 6.45) is 2.00. The molecule has 0 radical (unpaired) electrons. The maximum atomic E-state index is 11.8. The lowest BCUT2D eigenvalue weighted by Crippen LogP contribution is -2.48. The van der Waals surface area contributed by atoms with Gasteiger partial charge < -0.3 is 14.9 Å². The Morgan fingerprint density at radius 3 is 2.74 bits per heavy atom. The number of amides is 1. The summed E-state index contributed by atoms with van der Waals surface area (Å²) in [5.74, 6) is -0.366. The Morgan fingerprint density at radius 1 is 1.30 bits per heavy atom. The van der Waals surface area contributed by atoms with Crippen molar-refractivity contribution >= 4 is 11.9 Å². The molecule has 0 bridgehead atoms. The van der Waals surface area contributed by atoms with E-state index < -0.39 is 12.0 Å². The topological polar surface area (TPSA) is 85.8 Å². The molecule has 0 saturated heterocycles. The molecule has 1 amide bonds.